The lowest BCUT2D eigenvalue weighted by molar-refractivity contribution is 0.137. The van der Waals surface area contributed by atoms with Gasteiger partial charge in [-0.25, -0.2) is 0 Å². The molecule has 0 aliphatic carbocycles. The van der Waals surface area contributed by atoms with Gasteiger partial charge in [-0.3, -0.25) is 0 Å². The molecule has 0 aromatic heterocycles. The highest BCUT2D eigenvalue weighted by Crippen LogP contribution is 1.97. The van der Waals surface area contributed by atoms with Crippen LogP contribution in [-0.2, 0) is 4.74 Å². The quantitative estimate of drug-likeness (QED) is 0.643. The van der Waals surface area contributed by atoms with Gasteiger partial charge in [0.05, 0.1) is 6.61 Å². The van der Waals surface area contributed by atoms with Crippen molar-refractivity contribution >= 4 is 0 Å². The molecule has 0 aromatic rings. The molecule has 0 saturated heterocycles. The number of likely N-dealkylation sites (N-methyl/N-ethyl adjacent to an activating group) is 1. The number of nitrogens with zero attached hydrogens (tertiary/aromatic N) is 1. The zero-order valence-corrected chi connectivity index (χ0v) is 10.3. The number of rotatable bonds is 8. The van der Waals surface area contributed by atoms with Crippen LogP contribution >= 0.6 is 0 Å². The molecule has 1 unspecified atom stereocenters. The van der Waals surface area contributed by atoms with E-state index in [0.29, 0.717) is 12.1 Å². The molecule has 86 valence electrons. The Kier molecular flexibility index (Phi) is 8.14. The van der Waals surface area contributed by atoms with Gasteiger partial charge in [-0.2, -0.15) is 0 Å². The fourth-order valence-electron chi connectivity index (χ4n) is 1.28. The monoisotopic (exact) mass is 202 g/mol. The number of hydrogen-bond donors (Lipinski definition) is 1. The van der Waals surface area contributed by atoms with Crippen LogP contribution in [0, 0.1) is 0 Å². The lowest BCUT2D eigenvalue weighted by atomic mass is 10.2. The summed E-state index contributed by atoms with van der Waals surface area (Å²) < 4.78 is 5.19. The highest BCUT2D eigenvalue weighted by atomic mass is 16.5. The van der Waals surface area contributed by atoms with Gasteiger partial charge in [0.1, 0.15) is 0 Å². The lowest BCUT2D eigenvalue weighted by Gasteiger charge is -2.27. The summed E-state index contributed by atoms with van der Waals surface area (Å²) in [7, 11) is 3.91. The van der Waals surface area contributed by atoms with Gasteiger partial charge < -0.3 is 15.0 Å². The molecule has 0 bridgehead atoms. The van der Waals surface area contributed by atoms with Gasteiger partial charge in [0.15, 0.2) is 0 Å². The van der Waals surface area contributed by atoms with Crippen LogP contribution < -0.4 is 5.32 Å². The molecule has 0 aliphatic heterocycles. The zero-order chi connectivity index (χ0) is 11.0. The van der Waals surface area contributed by atoms with Crippen molar-refractivity contribution in [2.75, 3.05) is 33.9 Å². The zero-order valence-electron chi connectivity index (χ0n) is 10.3. The van der Waals surface area contributed by atoms with Gasteiger partial charge in [-0.1, -0.05) is 6.92 Å². The first-order valence-corrected chi connectivity index (χ1v) is 5.54. The van der Waals surface area contributed by atoms with Crippen molar-refractivity contribution in [1.29, 1.82) is 0 Å². The van der Waals surface area contributed by atoms with Crippen LogP contribution in [0.25, 0.3) is 0 Å². The van der Waals surface area contributed by atoms with Crippen LogP contribution in [0.4, 0.5) is 0 Å². The van der Waals surface area contributed by atoms with E-state index in [2.05, 4.69) is 38.0 Å². The molecule has 1 atom stereocenters. The normalized spacial score (nSPS) is 13.9. The van der Waals surface area contributed by atoms with E-state index in [4.69, 9.17) is 4.74 Å². The molecule has 0 aromatic carbocycles. The standard InChI is InChI=1S/C11H26N2O/c1-6-7-12-11(9-14-5)8-13(4)10(2)3/h10-12H,6-9H2,1-5H3. The van der Waals surface area contributed by atoms with Crippen molar-refractivity contribution < 1.29 is 4.74 Å². The molecule has 1 N–H and O–H groups in total. The summed E-state index contributed by atoms with van der Waals surface area (Å²) in [5.41, 5.74) is 0. The van der Waals surface area contributed by atoms with E-state index in [1.807, 2.05) is 0 Å². The molecule has 0 heterocycles. The Balaban J connectivity index is 3.81. The summed E-state index contributed by atoms with van der Waals surface area (Å²) in [4.78, 5) is 2.34. The minimum atomic E-state index is 0.451. The molecule has 0 radical (unpaired) electrons. The lowest BCUT2D eigenvalue weighted by Crippen LogP contribution is -2.44. The maximum atomic E-state index is 5.19. The third kappa shape index (κ3) is 6.35. The van der Waals surface area contributed by atoms with Crippen molar-refractivity contribution in [3.8, 4) is 0 Å². The summed E-state index contributed by atoms with van der Waals surface area (Å²) in [5, 5.41) is 3.49. The van der Waals surface area contributed by atoms with E-state index >= 15 is 0 Å². The Hall–Kier alpha value is -0.120. The molecule has 0 aliphatic rings. The molecule has 0 fully saturated rings. The Bertz CT molecular complexity index is 128. The van der Waals surface area contributed by atoms with Crippen LogP contribution in [0.1, 0.15) is 27.2 Å². The molecule has 14 heavy (non-hydrogen) atoms. The summed E-state index contributed by atoms with van der Waals surface area (Å²) in [6, 6.07) is 1.05. The van der Waals surface area contributed by atoms with Crippen LogP contribution in [0.3, 0.4) is 0 Å². The maximum absolute atomic E-state index is 5.19. The first kappa shape index (κ1) is 13.9. The first-order chi connectivity index (χ1) is 6.61. The van der Waals surface area contributed by atoms with Gasteiger partial charge in [0.2, 0.25) is 0 Å². The number of methoxy groups -OCH3 is 1. The predicted molar refractivity (Wildman–Crippen MR) is 61.7 cm³/mol. The smallest absolute Gasteiger partial charge is 0.0628 e. The van der Waals surface area contributed by atoms with Crippen molar-refractivity contribution in [1.82, 2.24) is 10.2 Å². The Morgan fingerprint density at radius 2 is 2.00 bits per heavy atom. The van der Waals surface area contributed by atoms with E-state index in [1.54, 1.807) is 7.11 Å². The molecule has 3 heteroatoms. The second-order valence-corrected chi connectivity index (χ2v) is 4.14. The highest BCUT2D eigenvalue weighted by molar-refractivity contribution is 4.71. The van der Waals surface area contributed by atoms with E-state index in [-0.39, 0.29) is 0 Å². The number of hydrogen-bond acceptors (Lipinski definition) is 3. The molecule has 0 saturated carbocycles. The van der Waals surface area contributed by atoms with Gasteiger partial charge in [0.25, 0.3) is 0 Å². The molecular formula is C11H26N2O. The highest BCUT2D eigenvalue weighted by Gasteiger charge is 2.12. The molecule has 0 rings (SSSR count). The second kappa shape index (κ2) is 8.21. The van der Waals surface area contributed by atoms with E-state index in [0.717, 1.165) is 19.7 Å². The van der Waals surface area contributed by atoms with Crippen molar-refractivity contribution in [2.24, 2.45) is 0 Å². The summed E-state index contributed by atoms with van der Waals surface area (Å²) in [5.74, 6) is 0. The Morgan fingerprint density at radius 3 is 2.43 bits per heavy atom. The van der Waals surface area contributed by atoms with Crippen LogP contribution in [0.5, 0.6) is 0 Å². The van der Waals surface area contributed by atoms with Gasteiger partial charge in [-0.15, -0.1) is 0 Å². The average molecular weight is 202 g/mol. The molecule has 3 nitrogen and oxygen atoms in total. The fraction of sp³-hybridized carbons (Fsp3) is 1.00. The first-order valence-electron chi connectivity index (χ1n) is 5.54. The van der Waals surface area contributed by atoms with Gasteiger partial charge >= 0.3 is 0 Å². The summed E-state index contributed by atoms with van der Waals surface area (Å²) in [6.07, 6.45) is 1.17. The minimum absolute atomic E-state index is 0.451. The fourth-order valence-corrected chi connectivity index (χ4v) is 1.28. The van der Waals surface area contributed by atoms with Crippen molar-refractivity contribution in [3.05, 3.63) is 0 Å². The van der Waals surface area contributed by atoms with Crippen LogP contribution in [0.15, 0.2) is 0 Å². The largest absolute Gasteiger partial charge is 0.383 e. The van der Waals surface area contributed by atoms with E-state index in [1.165, 1.54) is 6.42 Å². The third-order valence-corrected chi connectivity index (χ3v) is 2.44. The minimum Gasteiger partial charge on any atom is -0.383 e. The number of nitrogens with one attached hydrogen (secondary N) is 1. The predicted octanol–water partition coefficient (Wildman–Crippen LogP) is 1.34. The molecule has 0 spiro atoms. The average Bonchev–Trinajstić information content (AvgIpc) is 2.14. The Morgan fingerprint density at radius 1 is 1.36 bits per heavy atom. The molecule has 0 amide bonds. The van der Waals surface area contributed by atoms with Crippen molar-refractivity contribution in [2.45, 2.75) is 39.3 Å². The van der Waals surface area contributed by atoms with E-state index < -0.39 is 0 Å². The maximum Gasteiger partial charge on any atom is 0.0628 e. The summed E-state index contributed by atoms with van der Waals surface area (Å²) >= 11 is 0. The third-order valence-electron chi connectivity index (χ3n) is 2.44. The number of ether oxygens (including phenoxy) is 1. The SMILES string of the molecule is CCCNC(COC)CN(C)C(C)C. The topological polar surface area (TPSA) is 24.5 Å². The van der Waals surface area contributed by atoms with Crippen LogP contribution in [0.2, 0.25) is 0 Å². The Labute approximate surface area is 88.8 Å². The van der Waals surface area contributed by atoms with Crippen molar-refractivity contribution in [3.63, 3.8) is 0 Å². The van der Waals surface area contributed by atoms with Crippen LogP contribution in [-0.4, -0.2) is 50.8 Å². The molecular weight excluding hydrogens is 176 g/mol. The van der Waals surface area contributed by atoms with Gasteiger partial charge in [-0.05, 0) is 33.9 Å². The van der Waals surface area contributed by atoms with E-state index in [9.17, 15) is 0 Å². The second-order valence-electron chi connectivity index (χ2n) is 4.14. The van der Waals surface area contributed by atoms with Gasteiger partial charge in [0, 0.05) is 25.7 Å². The summed E-state index contributed by atoms with van der Waals surface area (Å²) in [6.45, 7) is 9.51.